The van der Waals surface area contributed by atoms with Crippen LogP contribution in [-0.2, 0) is 19.3 Å². The molecule has 28 heavy (non-hydrogen) atoms. The van der Waals surface area contributed by atoms with Crippen LogP contribution in [0.1, 0.15) is 64.8 Å². The summed E-state index contributed by atoms with van der Waals surface area (Å²) in [6.07, 6.45) is 6.30. The van der Waals surface area contributed by atoms with Crippen molar-refractivity contribution in [2.24, 2.45) is 0 Å². The number of aryl methyl sites for hydroxylation is 4. The number of aromatic nitrogens is 1. The summed E-state index contributed by atoms with van der Waals surface area (Å²) in [6, 6.07) is 2.12. The van der Waals surface area contributed by atoms with E-state index >= 15 is 0 Å². The van der Waals surface area contributed by atoms with E-state index in [4.69, 9.17) is 11.6 Å². The molecule has 0 saturated heterocycles. The summed E-state index contributed by atoms with van der Waals surface area (Å²) in [5.41, 5.74) is 7.12. The molecule has 0 aliphatic heterocycles. The number of benzene rings is 1. The normalized spacial score (nSPS) is 11.3. The molecule has 0 fully saturated rings. The third-order valence-corrected chi connectivity index (χ3v) is 6.52. The van der Waals surface area contributed by atoms with Crippen LogP contribution in [0, 0.1) is 20.8 Å². The standard InChI is InChI=1S/C23H28BrClN2O/c1-7-10-11-18-14(5)26-15(6)19(21(18)25)23(28)27-22-16(8-2)12-13(4)20(24)17(22)9-3/h7,10,12H,8-9,11H2,1-6H3,(H,27,28). The van der Waals surface area contributed by atoms with E-state index in [1.165, 1.54) is 5.56 Å². The van der Waals surface area contributed by atoms with Crippen molar-refractivity contribution in [2.75, 3.05) is 5.32 Å². The Balaban J connectivity index is 2.56. The van der Waals surface area contributed by atoms with Crippen molar-refractivity contribution in [3.05, 3.63) is 66.9 Å². The molecule has 3 nitrogen and oxygen atoms in total. The number of allylic oxidation sites excluding steroid dienone is 2. The third-order valence-electron chi connectivity index (χ3n) is 5.00. The van der Waals surface area contributed by atoms with Gasteiger partial charge in [-0.3, -0.25) is 9.78 Å². The van der Waals surface area contributed by atoms with Crippen LogP contribution in [0.2, 0.25) is 5.02 Å². The maximum Gasteiger partial charge on any atom is 0.259 e. The molecule has 5 heteroatoms. The molecule has 150 valence electrons. The Bertz CT molecular complexity index is 935. The Morgan fingerprint density at radius 3 is 2.43 bits per heavy atom. The van der Waals surface area contributed by atoms with Gasteiger partial charge < -0.3 is 5.32 Å². The molecule has 1 heterocycles. The van der Waals surface area contributed by atoms with Crippen LogP contribution in [0.3, 0.4) is 0 Å². The molecule has 0 radical (unpaired) electrons. The number of amides is 1. The van der Waals surface area contributed by atoms with Gasteiger partial charge in [-0.25, -0.2) is 0 Å². The Morgan fingerprint density at radius 2 is 1.86 bits per heavy atom. The monoisotopic (exact) mass is 462 g/mol. The van der Waals surface area contributed by atoms with Crippen LogP contribution in [0.5, 0.6) is 0 Å². The first kappa shape index (κ1) is 22.6. The second-order valence-corrected chi connectivity index (χ2v) is 8.08. The number of carbonyl (C=O) groups is 1. The molecule has 0 bridgehead atoms. The summed E-state index contributed by atoms with van der Waals surface area (Å²) < 4.78 is 1.04. The molecule has 1 aromatic carbocycles. The van der Waals surface area contributed by atoms with Crippen molar-refractivity contribution < 1.29 is 4.79 Å². The van der Waals surface area contributed by atoms with E-state index in [9.17, 15) is 4.79 Å². The van der Waals surface area contributed by atoms with Crippen LogP contribution in [-0.4, -0.2) is 10.9 Å². The lowest BCUT2D eigenvalue weighted by Crippen LogP contribution is -2.19. The number of hydrogen-bond acceptors (Lipinski definition) is 2. The van der Waals surface area contributed by atoms with Crippen LogP contribution < -0.4 is 5.32 Å². The molecule has 1 amide bonds. The van der Waals surface area contributed by atoms with Gasteiger partial charge in [-0.1, -0.05) is 59.6 Å². The third kappa shape index (κ3) is 4.49. The average Bonchev–Trinajstić information content (AvgIpc) is 2.64. The van der Waals surface area contributed by atoms with Crippen molar-refractivity contribution in [3.8, 4) is 0 Å². The minimum Gasteiger partial charge on any atom is -0.321 e. The summed E-state index contributed by atoms with van der Waals surface area (Å²) in [5.74, 6) is -0.211. The number of nitrogens with one attached hydrogen (secondary N) is 1. The zero-order valence-corrected chi connectivity index (χ0v) is 19.8. The van der Waals surface area contributed by atoms with E-state index in [-0.39, 0.29) is 5.91 Å². The number of nitrogens with zero attached hydrogens (tertiary/aromatic N) is 1. The van der Waals surface area contributed by atoms with Gasteiger partial charge in [0.25, 0.3) is 5.91 Å². The second-order valence-electron chi connectivity index (χ2n) is 6.90. The number of halogens is 2. The van der Waals surface area contributed by atoms with E-state index in [0.29, 0.717) is 22.7 Å². The van der Waals surface area contributed by atoms with Crippen molar-refractivity contribution in [1.82, 2.24) is 4.98 Å². The molecule has 1 N–H and O–H groups in total. The maximum atomic E-state index is 13.3. The molecular weight excluding hydrogens is 436 g/mol. The largest absolute Gasteiger partial charge is 0.321 e. The zero-order valence-electron chi connectivity index (χ0n) is 17.5. The lowest BCUT2D eigenvalue weighted by molar-refractivity contribution is 0.102. The average molecular weight is 464 g/mol. The summed E-state index contributed by atoms with van der Waals surface area (Å²) >= 11 is 10.4. The highest BCUT2D eigenvalue weighted by Crippen LogP contribution is 2.34. The predicted molar refractivity (Wildman–Crippen MR) is 123 cm³/mol. The van der Waals surface area contributed by atoms with E-state index in [1.807, 2.05) is 32.9 Å². The summed E-state index contributed by atoms with van der Waals surface area (Å²) in [7, 11) is 0. The molecule has 2 aromatic rings. The van der Waals surface area contributed by atoms with Crippen LogP contribution in [0.4, 0.5) is 5.69 Å². The first-order valence-electron chi connectivity index (χ1n) is 9.65. The summed E-state index contributed by atoms with van der Waals surface area (Å²) in [4.78, 5) is 17.8. The molecule has 0 unspecified atom stereocenters. The molecule has 0 aliphatic carbocycles. The van der Waals surface area contributed by atoms with E-state index in [0.717, 1.165) is 45.4 Å². The second kappa shape index (κ2) is 9.71. The fourth-order valence-corrected chi connectivity index (χ4v) is 4.49. The van der Waals surface area contributed by atoms with Crippen molar-refractivity contribution >= 4 is 39.1 Å². The van der Waals surface area contributed by atoms with Crippen LogP contribution in [0.15, 0.2) is 22.7 Å². The van der Waals surface area contributed by atoms with Gasteiger partial charge in [0.2, 0.25) is 0 Å². The molecule has 0 spiro atoms. The number of carbonyl (C=O) groups excluding carboxylic acids is 1. The fraction of sp³-hybridized carbons (Fsp3) is 0.391. The van der Waals surface area contributed by atoms with Crippen LogP contribution >= 0.6 is 27.5 Å². The molecule has 1 aromatic heterocycles. The van der Waals surface area contributed by atoms with Gasteiger partial charge in [-0.15, -0.1) is 0 Å². The number of hydrogen-bond donors (Lipinski definition) is 1. The lowest BCUT2D eigenvalue weighted by Gasteiger charge is -2.20. The van der Waals surface area contributed by atoms with Crippen molar-refractivity contribution in [3.63, 3.8) is 0 Å². The van der Waals surface area contributed by atoms with E-state index in [1.54, 1.807) is 0 Å². The maximum absolute atomic E-state index is 13.3. The highest BCUT2D eigenvalue weighted by molar-refractivity contribution is 9.10. The minimum atomic E-state index is -0.211. The van der Waals surface area contributed by atoms with Crippen molar-refractivity contribution in [2.45, 2.75) is 60.8 Å². The first-order chi connectivity index (χ1) is 13.3. The van der Waals surface area contributed by atoms with Gasteiger partial charge in [0.05, 0.1) is 16.3 Å². The fourth-order valence-electron chi connectivity index (χ4n) is 3.46. The smallest absolute Gasteiger partial charge is 0.259 e. The Labute approximate surface area is 181 Å². The number of rotatable bonds is 6. The quantitative estimate of drug-likeness (QED) is 0.472. The minimum absolute atomic E-state index is 0.211. The van der Waals surface area contributed by atoms with Gasteiger partial charge in [0.1, 0.15) is 0 Å². The van der Waals surface area contributed by atoms with Gasteiger partial charge in [0, 0.05) is 15.9 Å². The number of anilines is 1. The molecule has 0 aliphatic rings. The summed E-state index contributed by atoms with van der Waals surface area (Å²) in [5, 5.41) is 3.63. The predicted octanol–water partition coefficient (Wildman–Crippen LogP) is 6.92. The highest BCUT2D eigenvalue weighted by atomic mass is 79.9. The van der Waals surface area contributed by atoms with Gasteiger partial charge >= 0.3 is 0 Å². The van der Waals surface area contributed by atoms with E-state index < -0.39 is 0 Å². The Hall–Kier alpha value is -1.65. The SMILES string of the molecule is CC=CCc1c(C)nc(C)c(C(=O)Nc2c(CC)cc(C)c(Br)c2CC)c1Cl. The van der Waals surface area contributed by atoms with Gasteiger partial charge in [0.15, 0.2) is 0 Å². The highest BCUT2D eigenvalue weighted by Gasteiger charge is 2.22. The Kier molecular flexibility index (Phi) is 7.85. The van der Waals surface area contributed by atoms with Crippen LogP contribution in [0.25, 0.3) is 0 Å². The summed E-state index contributed by atoms with van der Waals surface area (Å²) in [6.45, 7) is 12.0. The topological polar surface area (TPSA) is 42.0 Å². The van der Waals surface area contributed by atoms with Gasteiger partial charge in [-0.05, 0) is 69.2 Å². The Morgan fingerprint density at radius 1 is 1.18 bits per heavy atom. The molecule has 2 rings (SSSR count). The van der Waals surface area contributed by atoms with E-state index in [2.05, 4.69) is 53.1 Å². The van der Waals surface area contributed by atoms with Crippen molar-refractivity contribution in [1.29, 1.82) is 0 Å². The molecule has 0 saturated carbocycles. The van der Waals surface area contributed by atoms with Gasteiger partial charge in [-0.2, -0.15) is 0 Å². The lowest BCUT2D eigenvalue weighted by atomic mass is 9.98. The molecular formula is C23H28BrClN2O. The first-order valence-corrected chi connectivity index (χ1v) is 10.8. The zero-order chi connectivity index (χ0) is 21.0. The molecule has 0 atom stereocenters. The number of pyridine rings is 1.